The maximum absolute atomic E-state index is 13.1. The van der Waals surface area contributed by atoms with Crippen molar-refractivity contribution in [2.45, 2.75) is 12.7 Å². The summed E-state index contributed by atoms with van der Waals surface area (Å²) in [7, 11) is 0. The number of alkyl halides is 3. The Balaban J connectivity index is 1.67. The van der Waals surface area contributed by atoms with E-state index < -0.39 is 17.6 Å². The lowest BCUT2D eigenvalue weighted by Crippen LogP contribution is -2.23. The second-order valence-electron chi connectivity index (χ2n) is 7.29. The normalized spacial score (nSPS) is 11.8. The number of carbonyl (C=O) groups is 1. The van der Waals surface area contributed by atoms with Crippen LogP contribution in [0.25, 0.3) is 27.9 Å². The molecule has 0 saturated carbocycles. The van der Waals surface area contributed by atoms with E-state index in [1.54, 1.807) is 36.4 Å². The van der Waals surface area contributed by atoms with Gasteiger partial charge in [0.25, 0.3) is 5.91 Å². The molecule has 2 aromatic carbocycles. The van der Waals surface area contributed by atoms with E-state index in [2.05, 4.69) is 15.3 Å². The molecule has 33 heavy (non-hydrogen) atoms. The van der Waals surface area contributed by atoms with Gasteiger partial charge < -0.3 is 15.5 Å². The van der Waals surface area contributed by atoms with Crippen molar-refractivity contribution in [3.05, 3.63) is 83.8 Å². The van der Waals surface area contributed by atoms with E-state index in [0.29, 0.717) is 22.5 Å². The maximum Gasteiger partial charge on any atom is 0.416 e. The third-order valence-electron chi connectivity index (χ3n) is 5.18. The quantitative estimate of drug-likeness (QED) is 0.413. The van der Waals surface area contributed by atoms with Crippen molar-refractivity contribution in [3.8, 4) is 5.69 Å². The number of fused-ring (bicyclic) bond motifs is 2. The predicted molar refractivity (Wildman–Crippen MR) is 116 cm³/mol. The zero-order valence-corrected chi connectivity index (χ0v) is 16.9. The summed E-state index contributed by atoms with van der Waals surface area (Å²) in [5.41, 5.74) is 7.56. The van der Waals surface area contributed by atoms with Crippen molar-refractivity contribution in [1.82, 2.24) is 19.9 Å². The summed E-state index contributed by atoms with van der Waals surface area (Å²) in [6.45, 7) is 0.124. The molecule has 0 bridgehead atoms. The fraction of sp³-hybridized carbons (Fsp3) is 0.0870. The highest BCUT2D eigenvalue weighted by Crippen LogP contribution is 2.33. The van der Waals surface area contributed by atoms with Gasteiger partial charge in [0, 0.05) is 5.69 Å². The molecule has 0 saturated heterocycles. The Morgan fingerprint density at radius 1 is 1.00 bits per heavy atom. The third-order valence-corrected chi connectivity index (χ3v) is 5.18. The van der Waals surface area contributed by atoms with Gasteiger partial charge in [-0.2, -0.15) is 13.2 Å². The van der Waals surface area contributed by atoms with Gasteiger partial charge in [0.1, 0.15) is 22.7 Å². The number of nitrogens with one attached hydrogen (secondary N) is 1. The molecule has 0 aliphatic rings. The first kappa shape index (κ1) is 20.6. The van der Waals surface area contributed by atoms with Gasteiger partial charge in [-0.15, -0.1) is 0 Å². The largest absolute Gasteiger partial charge is 0.467 e. The number of furan rings is 1. The summed E-state index contributed by atoms with van der Waals surface area (Å²) < 4.78 is 45.7. The Morgan fingerprint density at radius 3 is 2.33 bits per heavy atom. The summed E-state index contributed by atoms with van der Waals surface area (Å²) in [6.07, 6.45) is -2.99. The molecule has 0 aliphatic carbocycles. The second kappa shape index (κ2) is 7.66. The standard InChI is InChI=1S/C23H16F3N5O2/c24-23(25,26)13-7-9-14(10-8-13)31-20(27)18(22(32)28-12-15-4-3-11-33-15)19-21(31)30-17-6-2-1-5-16(17)29-19/h1-11H,12,27H2,(H,28,32). The maximum atomic E-state index is 13.1. The molecule has 166 valence electrons. The smallest absolute Gasteiger partial charge is 0.416 e. The molecule has 1 amide bonds. The first-order chi connectivity index (χ1) is 15.8. The van der Waals surface area contributed by atoms with Crippen molar-refractivity contribution in [2.24, 2.45) is 0 Å². The third kappa shape index (κ3) is 3.65. The van der Waals surface area contributed by atoms with E-state index in [4.69, 9.17) is 10.2 Å². The molecule has 10 heteroatoms. The van der Waals surface area contributed by atoms with Crippen LogP contribution in [0.1, 0.15) is 21.7 Å². The van der Waals surface area contributed by atoms with E-state index in [9.17, 15) is 18.0 Å². The molecule has 3 aromatic heterocycles. The van der Waals surface area contributed by atoms with Gasteiger partial charge in [-0.05, 0) is 48.5 Å². The Morgan fingerprint density at radius 2 is 1.70 bits per heavy atom. The molecule has 0 fully saturated rings. The first-order valence-electron chi connectivity index (χ1n) is 9.88. The van der Waals surface area contributed by atoms with Gasteiger partial charge in [-0.25, -0.2) is 9.97 Å². The van der Waals surface area contributed by atoms with Crippen LogP contribution in [0.2, 0.25) is 0 Å². The zero-order valence-electron chi connectivity index (χ0n) is 16.9. The number of hydrogen-bond donors (Lipinski definition) is 2. The molecule has 5 rings (SSSR count). The highest BCUT2D eigenvalue weighted by Gasteiger charge is 2.30. The number of hydrogen-bond acceptors (Lipinski definition) is 5. The lowest BCUT2D eigenvalue weighted by Gasteiger charge is -2.11. The number of nitrogen functional groups attached to an aromatic ring is 1. The minimum Gasteiger partial charge on any atom is -0.467 e. The van der Waals surface area contributed by atoms with Crippen LogP contribution in [0.4, 0.5) is 19.0 Å². The number of nitrogens with two attached hydrogens (primary N) is 1. The molecule has 0 spiro atoms. The summed E-state index contributed by atoms with van der Waals surface area (Å²) in [5, 5.41) is 2.73. The molecule has 5 aromatic rings. The van der Waals surface area contributed by atoms with Crippen LogP contribution in [-0.2, 0) is 12.7 Å². The molecular weight excluding hydrogens is 435 g/mol. The highest BCUT2D eigenvalue weighted by molar-refractivity contribution is 6.11. The van der Waals surface area contributed by atoms with Crippen LogP contribution in [0, 0.1) is 0 Å². The van der Waals surface area contributed by atoms with Gasteiger partial charge in [0.15, 0.2) is 5.65 Å². The van der Waals surface area contributed by atoms with E-state index >= 15 is 0 Å². The van der Waals surface area contributed by atoms with Crippen molar-refractivity contribution < 1.29 is 22.4 Å². The highest BCUT2D eigenvalue weighted by atomic mass is 19.4. The van der Waals surface area contributed by atoms with Crippen molar-refractivity contribution in [1.29, 1.82) is 0 Å². The summed E-state index contributed by atoms with van der Waals surface area (Å²) in [5.74, 6) is 0.0473. The van der Waals surface area contributed by atoms with E-state index in [0.717, 1.165) is 12.1 Å². The number of aromatic nitrogens is 3. The Bertz CT molecular complexity index is 1470. The van der Waals surface area contributed by atoms with Gasteiger partial charge in [-0.3, -0.25) is 9.36 Å². The summed E-state index contributed by atoms with van der Waals surface area (Å²) in [6, 6.07) is 14.9. The second-order valence-corrected chi connectivity index (χ2v) is 7.29. The molecular formula is C23H16F3N5O2. The predicted octanol–water partition coefficient (Wildman–Crippen LogP) is 4.70. The number of rotatable bonds is 4. The topological polar surface area (TPSA) is 99.0 Å². The number of carbonyl (C=O) groups excluding carboxylic acids is 1. The lowest BCUT2D eigenvalue weighted by molar-refractivity contribution is -0.137. The fourth-order valence-electron chi connectivity index (χ4n) is 3.62. The fourth-order valence-corrected chi connectivity index (χ4v) is 3.62. The molecule has 7 nitrogen and oxygen atoms in total. The van der Waals surface area contributed by atoms with Crippen LogP contribution >= 0.6 is 0 Å². The van der Waals surface area contributed by atoms with E-state index in [1.807, 2.05) is 0 Å². The van der Waals surface area contributed by atoms with Gasteiger partial charge >= 0.3 is 6.18 Å². The molecule has 0 radical (unpaired) electrons. The Hall–Kier alpha value is -4.34. The molecule has 0 unspecified atom stereocenters. The minimum absolute atomic E-state index is 0.0111. The average Bonchev–Trinajstić information content (AvgIpc) is 3.41. The van der Waals surface area contributed by atoms with Crippen LogP contribution < -0.4 is 11.1 Å². The lowest BCUT2D eigenvalue weighted by atomic mass is 10.2. The van der Waals surface area contributed by atoms with Crippen molar-refractivity contribution in [3.63, 3.8) is 0 Å². The zero-order chi connectivity index (χ0) is 23.2. The minimum atomic E-state index is -4.48. The number of anilines is 1. The first-order valence-corrected chi connectivity index (χ1v) is 9.88. The molecule has 0 atom stereocenters. The SMILES string of the molecule is Nc1c(C(=O)NCc2ccco2)c2nc3ccccc3nc2n1-c1ccc(C(F)(F)F)cc1. The van der Waals surface area contributed by atoms with Crippen LogP contribution in [0.15, 0.2) is 71.3 Å². The number of halogens is 3. The number of benzene rings is 2. The summed E-state index contributed by atoms with van der Waals surface area (Å²) >= 11 is 0. The van der Waals surface area contributed by atoms with Gasteiger partial charge in [-0.1, -0.05) is 12.1 Å². The molecule has 0 aliphatic heterocycles. The number of para-hydroxylation sites is 2. The van der Waals surface area contributed by atoms with Crippen LogP contribution in [0.5, 0.6) is 0 Å². The Kier molecular flexibility index (Phi) is 4.77. The van der Waals surface area contributed by atoms with Gasteiger partial charge in [0.05, 0.1) is 29.4 Å². The van der Waals surface area contributed by atoms with Gasteiger partial charge in [0.2, 0.25) is 0 Å². The molecule has 3 heterocycles. The van der Waals surface area contributed by atoms with E-state index in [-0.39, 0.29) is 29.1 Å². The number of amides is 1. The number of nitrogens with zero attached hydrogens (tertiary/aromatic N) is 3. The van der Waals surface area contributed by atoms with Crippen molar-refractivity contribution >= 4 is 33.9 Å². The Labute approximate surface area is 184 Å². The summed E-state index contributed by atoms with van der Waals surface area (Å²) in [4.78, 5) is 22.3. The van der Waals surface area contributed by atoms with Crippen LogP contribution in [-0.4, -0.2) is 20.4 Å². The van der Waals surface area contributed by atoms with E-state index in [1.165, 1.54) is 23.0 Å². The van der Waals surface area contributed by atoms with Crippen molar-refractivity contribution in [2.75, 3.05) is 5.73 Å². The van der Waals surface area contributed by atoms with Crippen LogP contribution in [0.3, 0.4) is 0 Å². The average molecular weight is 451 g/mol. The monoisotopic (exact) mass is 451 g/mol. The molecule has 3 N–H and O–H groups in total.